The Kier molecular flexibility index (Phi) is 8.43. The van der Waals surface area contributed by atoms with Crippen LogP contribution in [0.3, 0.4) is 0 Å². The number of nitrogens with one attached hydrogen (secondary N) is 1. The number of carbonyl (C=O) groups excluding carboxylic acids is 1. The molecule has 8 nitrogen and oxygen atoms in total. The number of hydrogen-bond acceptors (Lipinski definition) is 6. The van der Waals surface area contributed by atoms with Crippen molar-refractivity contribution in [3.63, 3.8) is 0 Å². The minimum absolute atomic E-state index is 0.321. The number of aryl methyl sites for hydroxylation is 1. The molecule has 1 amide bonds. The Morgan fingerprint density at radius 2 is 1.82 bits per heavy atom. The van der Waals surface area contributed by atoms with Gasteiger partial charge in [0.1, 0.15) is 23.4 Å². The van der Waals surface area contributed by atoms with E-state index in [-0.39, 0.29) is 5.91 Å². The summed E-state index contributed by atoms with van der Waals surface area (Å²) >= 11 is 6.34. The predicted octanol–water partition coefficient (Wildman–Crippen LogP) is 4.42. The molecule has 3 aromatic rings. The molecule has 180 valence electrons. The van der Waals surface area contributed by atoms with Gasteiger partial charge in [-0.15, -0.1) is 0 Å². The number of nitrogens with zero attached hydrogens (tertiary/aromatic N) is 2. The van der Waals surface area contributed by atoms with Crippen LogP contribution >= 0.6 is 11.6 Å². The summed E-state index contributed by atoms with van der Waals surface area (Å²) < 4.78 is 23.6. The number of halogens is 1. The zero-order valence-electron chi connectivity index (χ0n) is 19.8. The molecule has 1 heterocycles. The smallest absolute Gasteiger partial charge is 0.244 e. The average Bonchev–Trinajstić information content (AvgIpc) is 3.27. The summed E-state index contributed by atoms with van der Waals surface area (Å²) in [6.45, 7) is 2.32. The molecule has 2 aromatic carbocycles. The van der Waals surface area contributed by atoms with E-state index >= 15 is 0 Å². The lowest BCUT2D eigenvalue weighted by Crippen LogP contribution is -2.29. The van der Waals surface area contributed by atoms with Crippen molar-refractivity contribution < 1.29 is 23.7 Å². The summed E-state index contributed by atoms with van der Waals surface area (Å²) in [6.07, 6.45) is 6.58. The van der Waals surface area contributed by atoms with Gasteiger partial charge >= 0.3 is 0 Å². The Morgan fingerprint density at radius 3 is 2.38 bits per heavy atom. The number of ether oxygens (including phenoxy) is 4. The van der Waals surface area contributed by atoms with E-state index in [1.165, 1.54) is 13.2 Å². The van der Waals surface area contributed by atoms with Crippen molar-refractivity contribution in [3.05, 3.63) is 70.8 Å². The first-order valence-corrected chi connectivity index (χ1v) is 11.0. The molecule has 1 aromatic heterocycles. The standard InChI is InChI=1S/C25H28ClN3O5/c1-6-34-24-20(26)11-16(12-21(24)33-5)7-8-22(30)28-23(25-27-9-10-29(25)2)17-13-18(31-3)15-19(14-17)32-4/h7-15,23H,6H2,1-5H3,(H,28,30)/b8-7+. The van der Waals surface area contributed by atoms with Crippen LogP contribution in [0.5, 0.6) is 23.0 Å². The maximum absolute atomic E-state index is 12.9. The molecular weight excluding hydrogens is 458 g/mol. The number of methoxy groups -OCH3 is 3. The average molecular weight is 486 g/mol. The highest BCUT2D eigenvalue weighted by atomic mass is 35.5. The van der Waals surface area contributed by atoms with E-state index in [4.69, 9.17) is 30.5 Å². The zero-order chi connectivity index (χ0) is 24.7. The number of amides is 1. The van der Waals surface area contributed by atoms with E-state index in [2.05, 4.69) is 10.3 Å². The van der Waals surface area contributed by atoms with Gasteiger partial charge in [-0.1, -0.05) is 11.6 Å². The third-order valence-corrected chi connectivity index (χ3v) is 5.36. The van der Waals surface area contributed by atoms with Crippen LogP contribution in [-0.4, -0.2) is 43.4 Å². The van der Waals surface area contributed by atoms with Crippen molar-refractivity contribution in [1.29, 1.82) is 0 Å². The topological polar surface area (TPSA) is 83.8 Å². The van der Waals surface area contributed by atoms with Crippen molar-refractivity contribution >= 4 is 23.6 Å². The lowest BCUT2D eigenvalue weighted by molar-refractivity contribution is -0.117. The summed E-state index contributed by atoms with van der Waals surface area (Å²) in [5.74, 6) is 2.50. The highest BCUT2D eigenvalue weighted by Gasteiger charge is 2.22. The number of hydrogen-bond donors (Lipinski definition) is 1. The Bertz CT molecular complexity index is 1150. The molecule has 1 atom stereocenters. The van der Waals surface area contributed by atoms with E-state index < -0.39 is 6.04 Å². The molecule has 9 heteroatoms. The molecular formula is C25H28ClN3O5. The highest BCUT2D eigenvalue weighted by Crippen LogP contribution is 2.37. The molecule has 0 saturated heterocycles. The Hall–Kier alpha value is -3.65. The van der Waals surface area contributed by atoms with Crippen molar-refractivity contribution in [2.45, 2.75) is 13.0 Å². The third kappa shape index (κ3) is 5.82. The van der Waals surface area contributed by atoms with Crippen LogP contribution < -0.4 is 24.3 Å². The fourth-order valence-corrected chi connectivity index (χ4v) is 3.70. The number of imidazole rings is 1. The number of benzene rings is 2. The number of rotatable bonds is 10. The lowest BCUT2D eigenvalue weighted by atomic mass is 10.0. The minimum Gasteiger partial charge on any atom is -0.497 e. The number of carbonyl (C=O) groups is 1. The quantitative estimate of drug-likeness (QED) is 0.428. The molecule has 34 heavy (non-hydrogen) atoms. The van der Waals surface area contributed by atoms with Crippen LogP contribution in [0.15, 0.2) is 48.8 Å². The van der Waals surface area contributed by atoms with E-state index in [0.29, 0.717) is 46.0 Å². The normalized spacial score (nSPS) is 11.8. The molecule has 0 fully saturated rings. The Balaban J connectivity index is 1.90. The first-order chi connectivity index (χ1) is 16.4. The molecule has 0 radical (unpaired) electrons. The van der Waals surface area contributed by atoms with Gasteiger partial charge in [-0.25, -0.2) is 4.98 Å². The van der Waals surface area contributed by atoms with Gasteiger partial charge in [-0.2, -0.15) is 0 Å². The second-order valence-corrected chi connectivity index (χ2v) is 7.69. The molecule has 0 aliphatic rings. The number of aromatic nitrogens is 2. The Labute approximate surface area is 204 Å². The second kappa shape index (κ2) is 11.5. The summed E-state index contributed by atoms with van der Waals surface area (Å²) in [7, 11) is 6.55. The van der Waals surface area contributed by atoms with Crippen LogP contribution in [0.4, 0.5) is 0 Å². The van der Waals surface area contributed by atoms with Gasteiger partial charge in [-0.05, 0) is 48.4 Å². The van der Waals surface area contributed by atoms with Crippen molar-refractivity contribution in [3.8, 4) is 23.0 Å². The molecule has 1 N–H and O–H groups in total. The zero-order valence-corrected chi connectivity index (χ0v) is 20.6. The van der Waals surface area contributed by atoms with Gasteiger partial charge in [0.25, 0.3) is 0 Å². The molecule has 3 rings (SSSR count). The van der Waals surface area contributed by atoms with Gasteiger partial charge in [-0.3, -0.25) is 4.79 Å². The summed E-state index contributed by atoms with van der Waals surface area (Å²) in [4.78, 5) is 17.4. The molecule has 0 bridgehead atoms. The van der Waals surface area contributed by atoms with E-state index in [9.17, 15) is 4.79 Å². The monoisotopic (exact) mass is 485 g/mol. The molecule has 0 spiro atoms. The maximum atomic E-state index is 12.9. The highest BCUT2D eigenvalue weighted by molar-refractivity contribution is 6.32. The fraction of sp³-hybridized carbons (Fsp3) is 0.280. The fourth-order valence-electron chi connectivity index (χ4n) is 3.43. The van der Waals surface area contributed by atoms with Crippen molar-refractivity contribution in [1.82, 2.24) is 14.9 Å². The summed E-state index contributed by atoms with van der Waals surface area (Å²) in [5.41, 5.74) is 1.45. The van der Waals surface area contributed by atoms with Crippen LogP contribution in [-0.2, 0) is 11.8 Å². The molecule has 0 aliphatic heterocycles. The summed E-state index contributed by atoms with van der Waals surface area (Å²) in [5, 5.41) is 3.41. The SMILES string of the molecule is CCOc1c(Cl)cc(/C=C/C(=O)NC(c2cc(OC)cc(OC)c2)c2nccn2C)cc1OC. The summed E-state index contributed by atoms with van der Waals surface area (Å²) in [6, 6.07) is 8.36. The van der Waals surface area contributed by atoms with Crippen LogP contribution in [0.2, 0.25) is 5.02 Å². The van der Waals surface area contributed by atoms with Gasteiger partial charge in [0.2, 0.25) is 5.91 Å². The van der Waals surface area contributed by atoms with Gasteiger partial charge in [0.15, 0.2) is 11.5 Å². The van der Waals surface area contributed by atoms with Gasteiger partial charge < -0.3 is 28.8 Å². The molecule has 1 unspecified atom stereocenters. The van der Waals surface area contributed by atoms with Gasteiger partial charge in [0, 0.05) is 31.6 Å². The largest absolute Gasteiger partial charge is 0.497 e. The molecule has 0 saturated carbocycles. The second-order valence-electron chi connectivity index (χ2n) is 7.28. The first-order valence-electron chi connectivity index (χ1n) is 10.6. The Morgan fingerprint density at radius 1 is 1.12 bits per heavy atom. The maximum Gasteiger partial charge on any atom is 0.244 e. The van der Waals surface area contributed by atoms with Gasteiger partial charge in [0.05, 0.1) is 33.0 Å². The van der Waals surface area contributed by atoms with Crippen LogP contribution in [0, 0.1) is 0 Å². The van der Waals surface area contributed by atoms with Crippen molar-refractivity contribution in [2.75, 3.05) is 27.9 Å². The van der Waals surface area contributed by atoms with Crippen LogP contribution in [0.1, 0.15) is 29.9 Å². The minimum atomic E-state index is -0.542. The lowest BCUT2D eigenvalue weighted by Gasteiger charge is -2.20. The van der Waals surface area contributed by atoms with Crippen molar-refractivity contribution in [2.24, 2.45) is 7.05 Å². The van der Waals surface area contributed by atoms with E-state index in [1.807, 2.05) is 36.9 Å². The van der Waals surface area contributed by atoms with Crippen LogP contribution in [0.25, 0.3) is 6.08 Å². The van der Waals surface area contributed by atoms with E-state index in [0.717, 1.165) is 5.56 Å². The first kappa shape index (κ1) is 25.0. The van der Waals surface area contributed by atoms with E-state index in [1.54, 1.807) is 44.7 Å². The molecule has 0 aliphatic carbocycles. The third-order valence-electron chi connectivity index (χ3n) is 5.08. The predicted molar refractivity (Wildman–Crippen MR) is 131 cm³/mol.